The van der Waals surface area contributed by atoms with Crippen molar-refractivity contribution in [1.82, 2.24) is 0 Å². The number of allylic oxidation sites excluding steroid dienone is 8. The minimum atomic E-state index is 1.34. The molecule has 3 rings (SSSR count). The third-order valence-corrected chi connectivity index (χ3v) is 5.62. The van der Waals surface area contributed by atoms with E-state index in [0.29, 0.717) is 0 Å². The van der Waals surface area contributed by atoms with Crippen molar-refractivity contribution in [1.29, 1.82) is 0 Å². The molecule has 0 aromatic rings. The van der Waals surface area contributed by atoms with Crippen LogP contribution >= 0.6 is 0 Å². The van der Waals surface area contributed by atoms with Crippen LogP contribution in [0.25, 0.3) is 0 Å². The number of hydrogen-bond donors (Lipinski definition) is 0. The second-order valence-electron chi connectivity index (χ2n) is 7.83. The van der Waals surface area contributed by atoms with Gasteiger partial charge in [-0.15, -0.1) is 0 Å². The maximum atomic E-state index is 2.32. The highest BCUT2D eigenvalue weighted by atomic mass is 14.4. The summed E-state index contributed by atoms with van der Waals surface area (Å²) in [6, 6.07) is 0. The molecule has 120 valence electrons. The van der Waals surface area contributed by atoms with E-state index in [-0.39, 0.29) is 0 Å². The molecule has 0 N–H and O–H groups in total. The van der Waals surface area contributed by atoms with Gasteiger partial charge in [0.15, 0.2) is 0 Å². The first-order chi connectivity index (χ1) is 10.6. The van der Waals surface area contributed by atoms with E-state index in [1.165, 1.54) is 75.4 Å². The molecular formula is C22H32. The zero-order valence-electron chi connectivity index (χ0n) is 15.1. The van der Waals surface area contributed by atoms with Crippen LogP contribution < -0.4 is 0 Å². The summed E-state index contributed by atoms with van der Waals surface area (Å²) < 4.78 is 0. The monoisotopic (exact) mass is 296 g/mol. The zero-order valence-corrected chi connectivity index (χ0v) is 15.1. The van der Waals surface area contributed by atoms with Gasteiger partial charge in [0, 0.05) is 0 Å². The van der Waals surface area contributed by atoms with Crippen LogP contribution in [0, 0.1) is 0 Å². The van der Waals surface area contributed by atoms with Gasteiger partial charge in [-0.25, -0.2) is 0 Å². The standard InChI is InChI=1S/C22H32/c1-15(2)19-21(17-11-7-5-8-12-17)20(16(3)4)22(19)18-13-9-6-10-14-18/h5-14H2,1-4H3. The van der Waals surface area contributed by atoms with E-state index in [1.807, 2.05) is 0 Å². The van der Waals surface area contributed by atoms with Crippen molar-refractivity contribution in [2.45, 2.75) is 91.9 Å². The fourth-order valence-corrected chi connectivity index (χ4v) is 4.60. The van der Waals surface area contributed by atoms with E-state index < -0.39 is 0 Å². The minimum Gasteiger partial charge on any atom is -0.0679 e. The number of hydrogen-bond acceptors (Lipinski definition) is 0. The van der Waals surface area contributed by atoms with E-state index in [2.05, 4.69) is 27.7 Å². The van der Waals surface area contributed by atoms with Crippen LogP contribution in [0.2, 0.25) is 0 Å². The largest absolute Gasteiger partial charge is 0.0679 e. The lowest BCUT2D eigenvalue weighted by atomic mass is 9.64. The zero-order chi connectivity index (χ0) is 15.7. The highest BCUT2D eigenvalue weighted by Gasteiger charge is 2.36. The van der Waals surface area contributed by atoms with Gasteiger partial charge in [0.1, 0.15) is 0 Å². The van der Waals surface area contributed by atoms with Crippen LogP contribution in [0.3, 0.4) is 0 Å². The third kappa shape index (κ3) is 2.77. The first kappa shape index (κ1) is 15.8. The molecule has 0 heterocycles. The Morgan fingerprint density at radius 1 is 0.500 bits per heavy atom. The molecule has 0 atom stereocenters. The molecule has 0 amide bonds. The Balaban J connectivity index is 2.13. The van der Waals surface area contributed by atoms with Gasteiger partial charge in [-0.2, -0.15) is 0 Å². The van der Waals surface area contributed by atoms with Crippen molar-refractivity contribution >= 4 is 0 Å². The summed E-state index contributed by atoms with van der Waals surface area (Å²) in [4.78, 5) is 0. The van der Waals surface area contributed by atoms with Gasteiger partial charge in [-0.1, -0.05) is 35.1 Å². The van der Waals surface area contributed by atoms with Gasteiger partial charge in [0.05, 0.1) is 0 Å². The van der Waals surface area contributed by atoms with Crippen molar-refractivity contribution < 1.29 is 0 Å². The molecule has 3 aliphatic rings. The summed E-state index contributed by atoms with van der Waals surface area (Å²) in [5.41, 5.74) is 13.2. The van der Waals surface area contributed by atoms with Crippen molar-refractivity contribution in [3.63, 3.8) is 0 Å². The summed E-state index contributed by atoms with van der Waals surface area (Å²) >= 11 is 0. The van der Waals surface area contributed by atoms with Crippen LogP contribution in [-0.4, -0.2) is 0 Å². The van der Waals surface area contributed by atoms with Crippen molar-refractivity contribution in [3.8, 4) is 0 Å². The molecule has 0 bridgehead atoms. The van der Waals surface area contributed by atoms with Crippen molar-refractivity contribution in [2.75, 3.05) is 0 Å². The smallest absolute Gasteiger partial charge is 0.0108 e. The summed E-state index contributed by atoms with van der Waals surface area (Å²) in [6.07, 6.45) is 13.8. The fraction of sp³-hybridized carbons (Fsp3) is 0.636. The molecule has 3 aliphatic carbocycles. The molecule has 22 heavy (non-hydrogen) atoms. The fourth-order valence-electron chi connectivity index (χ4n) is 4.60. The predicted octanol–water partition coefficient (Wildman–Crippen LogP) is 7.19. The molecule has 0 unspecified atom stereocenters. The Labute approximate surface area is 137 Å². The van der Waals surface area contributed by atoms with Gasteiger partial charge in [-0.3, -0.25) is 0 Å². The van der Waals surface area contributed by atoms with Gasteiger partial charge in [-0.05, 0) is 101 Å². The average molecular weight is 296 g/mol. The van der Waals surface area contributed by atoms with E-state index in [1.54, 1.807) is 33.4 Å². The lowest BCUT2D eigenvalue weighted by Crippen LogP contribution is -2.22. The maximum absolute atomic E-state index is 2.32. The lowest BCUT2D eigenvalue weighted by Gasteiger charge is -2.40. The minimum absolute atomic E-state index is 1.34. The second-order valence-corrected chi connectivity index (χ2v) is 7.83. The Morgan fingerprint density at radius 3 is 1.09 bits per heavy atom. The third-order valence-electron chi connectivity index (χ3n) is 5.62. The molecule has 0 nitrogen and oxygen atoms in total. The van der Waals surface area contributed by atoms with Crippen LogP contribution in [0.1, 0.15) is 91.9 Å². The summed E-state index contributed by atoms with van der Waals surface area (Å²) in [5.74, 6) is 0. The predicted molar refractivity (Wildman–Crippen MR) is 97.0 cm³/mol. The van der Waals surface area contributed by atoms with Gasteiger partial charge in [0.25, 0.3) is 0 Å². The van der Waals surface area contributed by atoms with Crippen LogP contribution in [0.5, 0.6) is 0 Å². The average Bonchev–Trinajstić information content (AvgIpc) is 2.47. The SMILES string of the molecule is CC(C)=C1C(=C2CCCCC2)C(=C(C)C)C1=C1CCCCC1. The van der Waals surface area contributed by atoms with Crippen LogP contribution in [0.15, 0.2) is 44.6 Å². The first-order valence-corrected chi connectivity index (χ1v) is 9.41. The van der Waals surface area contributed by atoms with Crippen LogP contribution in [0.4, 0.5) is 0 Å². The molecule has 3 fully saturated rings. The molecule has 0 radical (unpaired) electrons. The highest BCUT2D eigenvalue weighted by Crippen LogP contribution is 2.54. The second kappa shape index (κ2) is 6.60. The van der Waals surface area contributed by atoms with Gasteiger partial charge in [0.2, 0.25) is 0 Å². The highest BCUT2D eigenvalue weighted by molar-refractivity contribution is 5.82. The van der Waals surface area contributed by atoms with Crippen molar-refractivity contribution in [3.05, 3.63) is 44.6 Å². The van der Waals surface area contributed by atoms with Crippen molar-refractivity contribution in [2.24, 2.45) is 0 Å². The summed E-state index contributed by atoms with van der Waals surface area (Å²) in [7, 11) is 0. The Morgan fingerprint density at radius 2 is 0.818 bits per heavy atom. The van der Waals surface area contributed by atoms with Crippen LogP contribution in [-0.2, 0) is 0 Å². The Hall–Kier alpha value is -1.04. The quantitative estimate of drug-likeness (QED) is 0.443. The lowest BCUT2D eigenvalue weighted by molar-refractivity contribution is 0.586. The first-order valence-electron chi connectivity index (χ1n) is 9.41. The molecular weight excluding hydrogens is 264 g/mol. The van der Waals surface area contributed by atoms with E-state index in [9.17, 15) is 0 Å². The van der Waals surface area contributed by atoms with E-state index in [0.717, 1.165) is 0 Å². The Kier molecular flexibility index (Phi) is 4.76. The summed E-state index contributed by atoms with van der Waals surface area (Å²) in [5, 5.41) is 0. The topological polar surface area (TPSA) is 0 Å². The molecule has 0 aromatic carbocycles. The molecule has 0 heteroatoms. The summed E-state index contributed by atoms with van der Waals surface area (Å²) in [6.45, 7) is 9.29. The number of rotatable bonds is 0. The molecule has 0 spiro atoms. The molecule has 3 saturated carbocycles. The Bertz CT molecular complexity index is 496. The van der Waals surface area contributed by atoms with E-state index in [4.69, 9.17) is 0 Å². The maximum Gasteiger partial charge on any atom is -0.0108 e. The normalized spacial score (nSPS) is 22.9. The molecule has 0 aromatic heterocycles. The van der Waals surface area contributed by atoms with Gasteiger partial charge >= 0.3 is 0 Å². The molecule has 0 saturated heterocycles. The van der Waals surface area contributed by atoms with E-state index >= 15 is 0 Å². The molecule has 0 aliphatic heterocycles. The van der Waals surface area contributed by atoms with Gasteiger partial charge < -0.3 is 0 Å².